The van der Waals surface area contributed by atoms with E-state index in [2.05, 4.69) is 9.88 Å². The Hall–Kier alpha value is -3.12. The van der Waals surface area contributed by atoms with Crippen LogP contribution in [0.1, 0.15) is 23.2 Å². The minimum absolute atomic E-state index is 0.0339. The van der Waals surface area contributed by atoms with Gasteiger partial charge in [-0.25, -0.2) is 0 Å². The molecule has 1 aromatic heterocycles. The Labute approximate surface area is 211 Å². The fourth-order valence-electron chi connectivity index (χ4n) is 5.73. The van der Waals surface area contributed by atoms with E-state index in [1.807, 2.05) is 4.90 Å². The van der Waals surface area contributed by atoms with Gasteiger partial charge in [0.1, 0.15) is 11.9 Å². The van der Waals surface area contributed by atoms with E-state index in [1.165, 1.54) is 10.6 Å². The molecule has 12 heteroatoms. The number of hydrogen-bond acceptors (Lipinski definition) is 8. The summed E-state index contributed by atoms with van der Waals surface area (Å²) in [6.07, 6.45) is -4.08. The molecule has 2 unspecified atom stereocenters. The summed E-state index contributed by atoms with van der Waals surface area (Å²) in [5.41, 5.74) is 0.817. The molecule has 0 radical (unpaired) electrons. The van der Waals surface area contributed by atoms with Gasteiger partial charge in [0.15, 0.2) is 5.78 Å². The molecule has 3 atom stereocenters. The Morgan fingerprint density at radius 1 is 1.11 bits per heavy atom. The number of anilines is 3. The topological polar surface area (TPSA) is 80.1 Å². The molecule has 37 heavy (non-hydrogen) atoms. The molecule has 4 aliphatic rings. The van der Waals surface area contributed by atoms with Gasteiger partial charge in [-0.2, -0.15) is 18.2 Å². The second-order valence-corrected chi connectivity index (χ2v) is 9.94. The highest BCUT2D eigenvalue weighted by atomic mass is 19.4. The van der Waals surface area contributed by atoms with E-state index in [0.29, 0.717) is 37.7 Å². The van der Waals surface area contributed by atoms with Crippen molar-refractivity contribution in [1.82, 2.24) is 9.55 Å². The lowest BCUT2D eigenvalue weighted by Crippen LogP contribution is -2.54. The molecule has 0 spiro atoms. The number of ether oxygens (including phenoxy) is 2. The third kappa shape index (κ3) is 4.56. The summed E-state index contributed by atoms with van der Waals surface area (Å²) in [5.74, 6) is -0.246. The number of morpholine rings is 2. The molecule has 2 aromatic rings. The van der Waals surface area contributed by atoms with Crippen molar-refractivity contribution in [3.8, 4) is 0 Å². The molecule has 0 saturated carbocycles. The highest BCUT2D eigenvalue weighted by molar-refractivity contribution is 5.99. The SMILES string of the molecule is O=C(CN1c2nc(N3CC4CC3CO4)cc(=O)n2CC[C@H]1C(F)(F)F)c1ccc(N2CCOCC2)cc1. The lowest BCUT2D eigenvalue weighted by molar-refractivity contribution is -0.152. The van der Waals surface area contributed by atoms with Crippen molar-refractivity contribution in [2.45, 2.75) is 43.8 Å². The first-order valence-electron chi connectivity index (χ1n) is 12.6. The van der Waals surface area contributed by atoms with Crippen LogP contribution in [-0.2, 0) is 16.0 Å². The number of aromatic nitrogens is 2. The van der Waals surface area contributed by atoms with Gasteiger partial charge in [-0.3, -0.25) is 14.2 Å². The molecule has 9 nitrogen and oxygen atoms in total. The summed E-state index contributed by atoms with van der Waals surface area (Å²) in [6, 6.07) is 6.38. The number of benzene rings is 1. The molecule has 6 rings (SSSR count). The van der Waals surface area contributed by atoms with Crippen LogP contribution in [0, 0.1) is 0 Å². The first-order chi connectivity index (χ1) is 17.8. The standard InChI is InChI=1S/C25H28F3N5O4/c26-25(27,28)21-5-6-31-23(35)12-22(32-13-19-11-18(32)15-37-19)29-24(31)33(21)14-20(34)16-1-3-17(4-2-16)30-7-9-36-10-8-30/h1-4,12,18-19,21H,5-11,13-15H2/t18?,19?,21-/m0/s1. The van der Waals surface area contributed by atoms with Gasteiger partial charge in [0.2, 0.25) is 5.95 Å². The number of nitrogens with zero attached hydrogens (tertiary/aromatic N) is 5. The summed E-state index contributed by atoms with van der Waals surface area (Å²) in [5, 5.41) is 0. The summed E-state index contributed by atoms with van der Waals surface area (Å²) in [7, 11) is 0. The molecule has 3 saturated heterocycles. The maximum absolute atomic E-state index is 14.1. The van der Waals surface area contributed by atoms with Gasteiger partial charge in [-0.1, -0.05) is 0 Å². The van der Waals surface area contributed by atoms with Crippen molar-refractivity contribution < 1.29 is 27.4 Å². The zero-order chi connectivity index (χ0) is 25.7. The van der Waals surface area contributed by atoms with E-state index in [1.54, 1.807) is 24.3 Å². The first-order valence-corrected chi connectivity index (χ1v) is 12.6. The number of carbonyl (C=O) groups excluding carboxylic acids is 1. The molecule has 3 fully saturated rings. The Balaban J connectivity index is 1.29. The van der Waals surface area contributed by atoms with Gasteiger partial charge >= 0.3 is 6.18 Å². The Kier molecular flexibility index (Phi) is 6.10. The Morgan fingerprint density at radius 2 is 1.86 bits per heavy atom. The number of fused-ring (bicyclic) bond motifs is 3. The van der Waals surface area contributed by atoms with Crippen LogP contribution in [0.2, 0.25) is 0 Å². The number of rotatable bonds is 5. The van der Waals surface area contributed by atoms with E-state index < -0.39 is 30.1 Å². The number of alkyl halides is 3. The van der Waals surface area contributed by atoms with Crippen molar-refractivity contribution in [2.75, 3.05) is 60.7 Å². The fraction of sp³-hybridized carbons (Fsp3) is 0.560. The summed E-state index contributed by atoms with van der Waals surface area (Å²) in [4.78, 5) is 35.7. The van der Waals surface area contributed by atoms with E-state index in [-0.39, 0.29) is 31.1 Å². The normalized spacial score (nSPS) is 25.5. The predicted molar refractivity (Wildman–Crippen MR) is 130 cm³/mol. The van der Waals surface area contributed by atoms with Crippen molar-refractivity contribution in [2.24, 2.45) is 0 Å². The molecule has 0 N–H and O–H groups in total. The second kappa shape index (κ2) is 9.32. The largest absolute Gasteiger partial charge is 0.408 e. The summed E-state index contributed by atoms with van der Waals surface area (Å²) in [6.45, 7) is 3.10. The van der Waals surface area contributed by atoms with Gasteiger partial charge in [-0.15, -0.1) is 0 Å². The maximum Gasteiger partial charge on any atom is 0.408 e. The molecule has 198 valence electrons. The lowest BCUT2D eigenvalue weighted by atomic mass is 10.1. The number of Topliss-reactive ketones (excluding diaryl/α,β-unsaturated/α-hetero) is 1. The van der Waals surface area contributed by atoms with E-state index >= 15 is 0 Å². The zero-order valence-corrected chi connectivity index (χ0v) is 20.2. The molecule has 4 aliphatic heterocycles. The van der Waals surface area contributed by atoms with Crippen LogP contribution in [0.4, 0.5) is 30.6 Å². The molecular formula is C25H28F3N5O4. The predicted octanol–water partition coefficient (Wildman–Crippen LogP) is 2.08. The first kappa shape index (κ1) is 24.2. The number of ketones is 1. The monoisotopic (exact) mass is 519 g/mol. The van der Waals surface area contributed by atoms with E-state index in [0.717, 1.165) is 30.1 Å². The van der Waals surface area contributed by atoms with Gasteiger partial charge in [0.05, 0.1) is 38.5 Å². The molecule has 1 aromatic carbocycles. The lowest BCUT2D eigenvalue weighted by Gasteiger charge is -2.39. The summed E-state index contributed by atoms with van der Waals surface area (Å²) >= 11 is 0. The molecule has 5 heterocycles. The van der Waals surface area contributed by atoms with E-state index in [4.69, 9.17) is 9.47 Å². The second-order valence-electron chi connectivity index (χ2n) is 9.94. The average molecular weight is 520 g/mol. The molecular weight excluding hydrogens is 491 g/mol. The van der Waals surface area contributed by atoms with Crippen LogP contribution in [0.15, 0.2) is 35.1 Å². The number of hydrogen-bond donors (Lipinski definition) is 0. The highest BCUT2D eigenvalue weighted by Gasteiger charge is 2.48. The third-order valence-electron chi connectivity index (χ3n) is 7.69. The van der Waals surface area contributed by atoms with Gasteiger partial charge in [0.25, 0.3) is 5.56 Å². The van der Waals surface area contributed by atoms with Gasteiger partial charge < -0.3 is 24.2 Å². The van der Waals surface area contributed by atoms with Crippen LogP contribution < -0.4 is 20.3 Å². The number of halogens is 3. The van der Waals surface area contributed by atoms with Crippen molar-refractivity contribution in [1.29, 1.82) is 0 Å². The van der Waals surface area contributed by atoms with Crippen LogP contribution in [-0.4, -0.2) is 85.7 Å². The minimum Gasteiger partial charge on any atom is -0.378 e. The van der Waals surface area contributed by atoms with Crippen molar-refractivity contribution in [3.05, 3.63) is 46.2 Å². The zero-order valence-electron chi connectivity index (χ0n) is 20.2. The summed E-state index contributed by atoms with van der Waals surface area (Å²) < 4.78 is 54.6. The Bertz CT molecular complexity index is 1230. The molecule has 0 amide bonds. The van der Waals surface area contributed by atoms with Crippen molar-refractivity contribution in [3.63, 3.8) is 0 Å². The maximum atomic E-state index is 14.1. The quantitative estimate of drug-likeness (QED) is 0.556. The van der Waals surface area contributed by atoms with Gasteiger partial charge in [-0.05, 0) is 37.1 Å². The Morgan fingerprint density at radius 3 is 2.51 bits per heavy atom. The van der Waals surface area contributed by atoms with Crippen LogP contribution in [0.3, 0.4) is 0 Å². The average Bonchev–Trinajstić information content (AvgIpc) is 3.53. The molecule has 2 bridgehead atoms. The van der Waals surface area contributed by atoms with Crippen molar-refractivity contribution >= 4 is 23.2 Å². The van der Waals surface area contributed by atoms with Crippen LogP contribution in [0.25, 0.3) is 0 Å². The molecule has 0 aliphatic carbocycles. The van der Waals surface area contributed by atoms with E-state index in [9.17, 15) is 22.8 Å². The van der Waals surface area contributed by atoms with Crippen LogP contribution in [0.5, 0.6) is 0 Å². The van der Waals surface area contributed by atoms with Crippen LogP contribution >= 0.6 is 0 Å². The minimum atomic E-state index is -4.58. The highest BCUT2D eigenvalue weighted by Crippen LogP contribution is 2.36. The van der Waals surface area contributed by atoms with Gasteiger partial charge in [0, 0.05) is 43.5 Å². The fourth-order valence-corrected chi connectivity index (χ4v) is 5.73. The third-order valence-corrected chi connectivity index (χ3v) is 7.69. The smallest absolute Gasteiger partial charge is 0.378 e. The number of carbonyl (C=O) groups is 1.